The predicted octanol–water partition coefficient (Wildman–Crippen LogP) is 3.78. The molecule has 2 aromatic rings. The van der Waals surface area contributed by atoms with Crippen molar-refractivity contribution in [3.63, 3.8) is 0 Å². The third-order valence-corrected chi connectivity index (χ3v) is 6.85. The number of rotatable bonds is 3. The quantitative estimate of drug-likeness (QED) is 0.791. The van der Waals surface area contributed by atoms with Crippen LogP contribution in [0.25, 0.3) is 0 Å². The highest BCUT2D eigenvalue weighted by molar-refractivity contribution is 7.89. The van der Waals surface area contributed by atoms with Gasteiger partial charge in [0.2, 0.25) is 10.0 Å². The zero-order valence-electron chi connectivity index (χ0n) is 13.8. The van der Waals surface area contributed by atoms with Crippen LogP contribution in [-0.4, -0.2) is 32.5 Å². The fraction of sp³-hybridized carbons (Fsp3) is 0.333. The van der Waals surface area contributed by atoms with Crippen LogP contribution >= 0.6 is 11.6 Å². The van der Waals surface area contributed by atoms with Gasteiger partial charge in [-0.15, -0.1) is 0 Å². The maximum absolute atomic E-state index is 13.4. The maximum atomic E-state index is 13.4. The van der Waals surface area contributed by atoms with Crippen molar-refractivity contribution in [2.24, 2.45) is 0 Å². The zero-order valence-corrected chi connectivity index (χ0v) is 15.4. The third-order valence-electron chi connectivity index (χ3n) is 4.65. The molecule has 1 atom stereocenters. The van der Waals surface area contributed by atoms with Crippen molar-refractivity contribution in [3.8, 4) is 11.5 Å². The first kappa shape index (κ1) is 17.6. The van der Waals surface area contributed by atoms with Crippen molar-refractivity contribution in [1.29, 1.82) is 0 Å². The second-order valence-electron chi connectivity index (χ2n) is 6.25. The largest absolute Gasteiger partial charge is 0.486 e. The third kappa shape index (κ3) is 3.04. The molecule has 0 unspecified atom stereocenters. The first-order valence-corrected chi connectivity index (χ1v) is 10.1. The summed E-state index contributed by atoms with van der Waals surface area (Å²) in [6.07, 6.45) is 1.45. The summed E-state index contributed by atoms with van der Waals surface area (Å²) in [6.45, 7) is 1.37. The molecule has 0 bridgehead atoms. The average molecular weight is 398 g/mol. The Morgan fingerprint density at radius 1 is 1.08 bits per heavy atom. The lowest BCUT2D eigenvalue weighted by Gasteiger charge is -2.26. The van der Waals surface area contributed by atoms with Gasteiger partial charge in [-0.25, -0.2) is 12.8 Å². The van der Waals surface area contributed by atoms with E-state index in [1.807, 2.05) is 18.2 Å². The van der Waals surface area contributed by atoms with Crippen molar-refractivity contribution >= 4 is 21.6 Å². The fourth-order valence-corrected chi connectivity index (χ4v) is 5.36. The van der Waals surface area contributed by atoms with Crippen LogP contribution in [0.5, 0.6) is 11.5 Å². The van der Waals surface area contributed by atoms with Gasteiger partial charge in [-0.2, -0.15) is 4.31 Å². The van der Waals surface area contributed by atoms with Gasteiger partial charge in [-0.1, -0.05) is 17.7 Å². The number of nitrogens with zero attached hydrogens (tertiary/aromatic N) is 1. The van der Waals surface area contributed by atoms with Crippen LogP contribution in [0.2, 0.25) is 5.02 Å². The Labute approximate surface area is 156 Å². The van der Waals surface area contributed by atoms with Crippen molar-refractivity contribution in [3.05, 3.63) is 52.8 Å². The molecule has 2 aliphatic heterocycles. The highest BCUT2D eigenvalue weighted by atomic mass is 35.5. The Kier molecular flexibility index (Phi) is 4.54. The Morgan fingerprint density at radius 2 is 1.85 bits per heavy atom. The summed E-state index contributed by atoms with van der Waals surface area (Å²) >= 11 is 5.77. The molecule has 0 amide bonds. The van der Waals surface area contributed by atoms with Crippen LogP contribution in [0.15, 0.2) is 41.3 Å². The van der Waals surface area contributed by atoms with E-state index in [1.165, 1.54) is 10.4 Å². The monoisotopic (exact) mass is 397 g/mol. The molecule has 1 fully saturated rings. The van der Waals surface area contributed by atoms with Gasteiger partial charge in [0.1, 0.15) is 19.0 Å². The SMILES string of the molecule is O=S(=O)(c1ccc(F)c(Cl)c1)N1CCC[C@H]1c1ccc2c(c1)OCCO2. The molecule has 1 saturated heterocycles. The number of ether oxygens (including phenoxy) is 2. The second-order valence-corrected chi connectivity index (χ2v) is 8.55. The number of hydrogen-bond acceptors (Lipinski definition) is 4. The molecule has 0 radical (unpaired) electrons. The van der Waals surface area contributed by atoms with Gasteiger partial charge >= 0.3 is 0 Å². The van der Waals surface area contributed by atoms with Gasteiger partial charge in [0, 0.05) is 6.54 Å². The summed E-state index contributed by atoms with van der Waals surface area (Å²) in [4.78, 5) is -0.00616. The van der Waals surface area contributed by atoms with Crippen LogP contribution in [-0.2, 0) is 10.0 Å². The summed E-state index contributed by atoms with van der Waals surface area (Å²) in [7, 11) is -3.79. The Hall–Kier alpha value is -1.83. The number of halogens is 2. The summed E-state index contributed by atoms with van der Waals surface area (Å²) in [5, 5.41) is -0.207. The molecule has 5 nitrogen and oxygen atoms in total. The van der Waals surface area contributed by atoms with Crippen LogP contribution in [0.3, 0.4) is 0 Å². The minimum Gasteiger partial charge on any atom is -0.486 e. The van der Waals surface area contributed by atoms with E-state index in [0.717, 1.165) is 24.1 Å². The van der Waals surface area contributed by atoms with Gasteiger partial charge in [0.05, 0.1) is 16.0 Å². The van der Waals surface area contributed by atoms with Gasteiger partial charge in [0.15, 0.2) is 11.5 Å². The van der Waals surface area contributed by atoms with Gasteiger partial charge in [0.25, 0.3) is 0 Å². The van der Waals surface area contributed by atoms with E-state index >= 15 is 0 Å². The molecular formula is C18H17ClFNO4S. The Morgan fingerprint density at radius 3 is 2.62 bits per heavy atom. The summed E-state index contributed by atoms with van der Waals surface area (Å²) in [5.74, 6) is 0.649. The van der Waals surface area contributed by atoms with Gasteiger partial charge in [-0.3, -0.25) is 0 Å². The van der Waals surface area contributed by atoms with Crippen LogP contribution in [0.1, 0.15) is 24.4 Å². The summed E-state index contributed by atoms with van der Waals surface area (Å²) in [6, 6.07) is 8.68. The van der Waals surface area contributed by atoms with Gasteiger partial charge in [-0.05, 0) is 48.7 Å². The predicted molar refractivity (Wildman–Crippen MR) is 94.7 cm³/mol. The zero-order chi connectivity index (χ0) is 18.3. The number of benzene rings is 2. The number of sulfonamides is 1. The highest BCUT2D eigenvalue weighted by Gasteiger charge is 2.37. The Balaban J connectivity index is 1.69. The lowest BCUT2D eigenvalue weighted by atomic mass is 10.0. The van der Waals surface area contributed by atoms with Gasteiger partial charge < -0.3 is 9.47 Å². The standard InChI is InChI=1S/C18H17ClFNO4S/c19-14-11-13(4-5-15(14)20)26(22,23)21-7-1-2-16(21)12-3-6-17-18(10-12)25-9-8-24-17/h3-6,10-11,16H,1-2,7-9H2/t16-/m0/s1. The smallest absolute Gasteiger partial charge is 0.243 e. The molecule has 0 aromatic heterocycles. The molecule has 0 aliphatic carbocycles. The van der Waals surface area contributed by atoms with E-state index in [-0.39, 0.29) is 16.0 Å². The average Bonchev–Trinajstić information content (AvgIpc) is 3.14. The molecule has 2 aromatic carbocycles. The van der Waals surface area contributed by atoms with Crippen molar-refractivity contribution in [1.82, 2.24) is 4.31 Å². The molecule has 0 N–H and O–H groups in total. The van der Waals surface area contributed by atoms with Crippen molar-refractivity contribution in [2.45, 2.75) is 23.8 Å². The first-order valence-electron chi connectivity index (χ1n) is 8.33. The fourth-order valence-electron chi connectivity index (χ4n) is 3.40. The van der Waals surface area contributed by atoms with E-state index < -0.39 is 15.8 Å². The molecular weight excluding hydrogens is 381 g/mol. The van der Waals surface area contributed by atoms with Crippen LogP contribution in [0.4, 0.5) is 4.39 Å². The number of fused-ring (bicyclic) bond motifs is 1. The molecule has 2 aliphatic rings. The molecule has 138 valence electrons. The first-order chi connectivity index (χ1) is 12.5. The lowest BCUT2D eigenvalue weighted by molar-refractivity contribution is 0.171. The molecule has 2 heterocycles. The van der Waals surface area contributed by atoms with E-state index in [0.29, 0.717) is 37.7 Å². The lowest BCUT2D eigenvalue weighted by Crippen LogP contribution is -2.30. The molecule has 0 spiro atoms. The molecule has 4 rings (SSSR count). The van der Waals surface area contributed by atoms with E-state index in [9.17, 15) is 12.8 Å². The second kappa shape index (κ2) is 6.72. The normalized spacial score (nSPS) is 20.3. The maximum Gasteiger partial charge on any atom is 0.243 e. The molecule has 26 heavy (non-hydrogen) atoms. The topological polar surface area (TPSA) is 55.8 Å². The van der Waals surface area contributed by atoms with E-state index in [1.54, 1.807) is 0 Å². The van der Waals surface area contributed by atoms with Crippen LogP contribution < -0.4 is 9.47 Å². The van der Waals surface area contributed by atoms with Crippen molar-refractivity contribution < 1.29 is 22.3 Å². The minimum absolute atomic E-state index is 0.00616. The summed E-state index contributed by atoms with van der Waals surface area (Å²) < 4.78 is 52.1. The van der Waals surface area contributed by atoms with E-state index in [2.05, 4.69) is 0 Å². The van der Waals surface area contributed by atoms with E-state index in [4.69, 9.17) is 21.1 Å². The molecule has 0 saturated carbocycles. The van der Waals surface area contributed by atoms with Crippen molar-refractivity contribution in [2.75, 3.05) is 19.8 Å². The molecule has 8 heteroatoms. The Bertz CT molecular complexity index is 950. The minimum atomic E-state index is -3.79. The highest BCUT2D eigenvalue weighted by Crippen LogP contribution is 2.40. The number of hydrogen-bond donors (Lipinski definition) is 0. The summed E-state index contributed by atoms with van der Waals surface area (Å²) in [5.41, 5.74) is 0.850. The van der Waals surface area contributed by atoms with Crippen LogP contribution in [0, 0.1) is 5.82 Å².